The quantitative estimate of drug-likeness (QED) is 0.812. The summed E-state index contributed by atoms with van der Waals surface area (Å²) >= 11 is 1.72. The number of hydrogen-bond donors (Lipinski definition) is 1. The summed E-state index contributed by atoms with van der Waals surface area (Å²) in [6, 6.07) is 0. The Bertz CT molecular complexity index is 286. The van der Waals surface area contributed by atoms with Gasteiger partial charge in [0.05, 0.1) is 23.4 Å². The van der Waals surface area contributed by atoms with Crippen LogP contribution >= 0.6 is 11.3 Å². The Hall–Kier alpha value is -0.450. The van der Waals surface area contributed by atoms with Crippen molar-refractivity contribution in [2.75, 3.05) is 13.6 Å². The highest BCUT2D eigenvalue weighted by Gasteiger charge is 2.07. The first-order valence-electron chi connectivity index (χ1n) is 5.34. The predicted molar refractivity (Wildman–Crippen MR) is 64.4 cm³/mol. The molecule has 0 spiro atoms. The van der Waals surface area contributed by atoms with Crippen molar-refractivity contribution in [3.63, 3.8) is 0 Å². The molecule has 15 heavy (non-hydrogen) atoms. The van der Waals surface area contributed by atoms with Crippen LogP contribution in [0.5, 0.6) is 0 Å². The van der Waals surface area contributed by atoms with Crippen molar-refractivity contribution in [1.29, 1.82) is 0 Å². The topological polar surface area (TPSA) is 34.1 Å². The molecule has 86 valence electrons. The monoisotopic (exact) mass is 228 g/mol. The minimum Gasteiger partial charge on any atom is -0.371 e. The molecule has 0 saturated heterocycles. The molecule has 3 nitrogen and oxygen atoms in total. The van der Waals surface area contributed by atoms with E-state index >= 15 is 0 Å². The number of nitrogens with zero attached hydrogens (tertiary/aromatic N) is 1. The van der Waals surface area contributed by atoms with Gasteiger partial charge in [-0.15, -0.1) is 11.3 Å². The minimum atomic E-state index is 0.235. The Morgan fingerprint density at radius 2 is 2.20 bits per heavy atom. The maximum absolute atomic E-state index is 5.64. The van der Waals surface area contributed by atoms with Crippen LogP contribution in [-0.4, -0.2) is 24.7 Å². The number of ether oxygens (including phenoxy) is 1. The van der Waals surface area contributed by atoms with Gasteiger partial charge in [0.2, 0.25) is 0 Å². The van der Waals surface area contributed by atoms with Gasteiger partial charge in [0.25, 0.3) is 0 Å². The van der Waals surface area contributed by atoms with Crippen LogP contribution in [0.4, 0.5) is 0 Å². The van der Waals surface area contributed by atoms with Crippen LogP contribution in [0.25, 0.3) is 0 Å². The highest BCUT2D eigenvalue weighted by atomic mass is 32.1. The van der Waals surface area contributed by atoms with Gasteiger partial charge in [-0.3, -0.25) is 0 Å². The first kappa shape index (κ1) is 12.6. The van der Waals surface area contributed by atoms with Crippen LogP contribution in [0.1, 0.15) is 37.4 Å². The molecule has 1 aromatic heterocycles. The molecule has 0 radical (unpaired) electrons. The van der Waals surface area contributed by atoms with Crippen LogP contribution < -0.4 is 5.32 Å². The SMILES string of the molecule is CNCC(C)OCc1csc(C(C)C)n1. The number of nitrogens with one attached hydrogen (secondary N) is 1. The Balaban J connectivity index is 2.37. The van der Waals surface area contributed by atoms with E-state index in [0.717, 1.165) is 12.2 Å². The molecule has 0 saturated carbocycles. The molecule has 1 rings (SSSR count). The van der Waals surface area contributed by atoms with Crippen molar-refractivity contribution in [1.82, 2.24) is 10.3 Å². The molecule has 0 aliphatic rings. The molecule has 0 bridgehead atoms. The Morgan fingerprint density at radius 1 is 1.47 bits per heavy atom. The molecule has 1 atom stereocenters. The zero-order valence-electron chi connectivity index (χ0n) is 9.91. The van der Waals surface area contributed by atoms with Gasteiger partial charge in [0.15, 0.2) is 0 Å². The van der Waals surface area contributed by atoms with Crippen LogP contribution in [-0.2, 0) is 11.3 Å². The van der Waals surface area contributed by atoms with Crippen molar-refractivity contribution < 1.29 is 4.74 Å². The lowest BCUT2D eigenvalue weighted by Gasteiger charge is -2.10. The lowest BCUT2D eigenvalue weighted by molar-refractivity contribution is 0.0527. The molecule has 0 aromatic carbocycles. The molecule has 0 aliphatic carbocycles. The van der Waals surface area contributed by atoms with Crippen molar-refractivity contribution >= 4 is 11.3 Å². The highest BCUT2D eigenvalue weighted by Crippen LogP contribution is 2.19. The van der Waals surface area contributed by atoms with E-state index < -0.39 is 0 Å². The van der Waals surface area contributed by atoms with Gasteiger partial charge in [-0.25, -0.2) is 4.98 Å². The van der Waals surface area contributed by atoms with Gasteiger partial charge in [0, 0.05) is 17.8 Å². The minimum absolute atomic E-state index is 0.235. The molecule has 0 fully saturated rings. The zero-order valence-corrected chi connectivity index (χ0v) is 10.7. The fourth-order valence-corrected chi connectivity index (χ4v) is 2.05. The molecule has 0 amide bonds. The van der Waals surface area contributed by atoms with E-state index in [1.54, 1.807) is 11.3 Å². The van der Waals surface area contributed by atoms with E-state index in [4.69, 9.17) is 4.74 Å². The van der Waals surface area contributed by atoms with Crippen LogP contribution in [0.3, 0.4) is 0 Å². The predicted octanol–water partition coefficient (Wildman–Crippen LogP) is 2.39. The van der Waals surface area contributed by atoms with Gasteiger partial charge in [0.1, 0.15) is 0 Å². The molecule has 0 aliphatic heterocycles. The zero-order chi connectivity index (χ0) is 11.3. The lowest BCUT2D eigenvalue weighted by atomic mass is 10.2. The summed E-state index contributed by atoms with van der Waals surface area (Å²) in [5, 5.41) is 6.36. The molecule has 1 aromatic rings. The fraction of sp³-hybridized carbons (Fsp3) is 0.727. The lowest BCUT2D eigenvalue weighted by Crippen LogP contribution is -2.23. The third-order valence-electron chi connectivity index (χ3n) is 2.07. The second kappa shape index (κ2) is 6.20. The Kier molecular flexibility index (Phi) is 5.22. The van der Waals surface area contributed by atoms with E-state index in [2.05, 4.69) is 36.5 Å². The second-order valence-corrected chi connectivity index (χ2v) is 4.90. The highest BCUT2D eigenvalue weighted by molar-refractivity contribution is 7.09. The number of hydrogen-bond acceptors (Lipinski definition) is 4. The second-order valence-electron chi connectivity index (χ2n) is 4.01. The summed E-state index contributed by atoms with van der Waals surface area (Å²) in [5.41, 5.74) is 1.05. The van der Waals surface area contributed by atoms with Gasteiger partial charge >= 0.3 is 0 Å². The van der Waals surface area contributed by atoms with Crippen LogP contribution in [0.15, 0.2) is 5.38 Å². The smallest absolute Gasteiger partial charge is 0.0954 e. The molecule has 1 unspecified atom stereocenters. The maximum atomic E-state index is 5.64. The first-order valence-corrected chi connectivity index (χ1v) is 6.22. The van der Waals surface area contributed by atoms with Crippen molar-refractivity contribution in [3.05, 3.63) is 16.1 Å². The van der Waals surface area contributed by atoms with Gasteiger partial charge in [-0.05, 0) is 14.0 Å². The Labute approximate surface area is 95.9 Å². The molecule has 1 N–H and O–H groups in total. The Morgan fingerprint density at radius 3 is 2.73 bits per heavy atom. The van der Waals surface area contributed by atoms with Crippen molar-refractivity contribution in [2.24, 2.45) is 0 Å². The summed E-state index contributed by atoms with van der Waals surface area (Å²) < 4.78 is 5.64. The van der Waals surface area contributed by atoms with Crippen molar-refractivity contribution in [2.45, 2.75) is 39.4 Å². The van der Waals surface area contributed by atoms with Crippen molar-refractivity contribution in [3.8, 4) is 0 Å². The standard InChI is InChI=1S/C11H20N2OS/c1-8(2)11-13-10(7-15-11)6-14-9(3)5-12-4/h7-9,12H,5-6H2,1-4H3. The number of rotatable bonds is 6. The third kappa shape index (κ3) is 4.28. The maximum Gasteiger partial charge on any atom is 0.0954 e. The van der Waals surface area contributed by atoms with E-state index in [9.17, 15) is 0 Å². The summed E-state index contributed by atoms with van der Waals surface area (Å²) in [7, 11) is 1.93. The average molecular weight is 228 g/mol. The molecule has 4 heteroatoms. The van der Waals surface area contributed by atoms with Gasteiger partial charge in [-0.2, -0.15) is 0 Å². The summed E-state index contributed by atoms with van der Waals surface area (Å²) in [4.78, 5) is 4.51. The van der Waals surface area contributed by atoms with Crippen LogP contribution in [0, 0.1) is 0 Å². The van der Waals surface area contributed by atoms with Crippen LogP contribution in [0.2, 0.25) is 0 Å². The number of aromatic nitrogens is 1. The molecular weight excluding hydrogens is 208 g/mol. The largest absolute Gasteiger partial charge is 0.371 e. The third-order valence-corrected chi connectivity index (χ3v) is 3.26. The number of thiazole rings is 1. The average Bonchev–Trinajstić information content (AvgIpc) is 2.63. The summed E-state index contributed by atoms with van der Waals surface area (Å²) in [5.74, 6) is 0.512. The molecular formula is C11H20N2OS. The normalized spacial score (nSPS) is 13.4. The molecule has 1 heterocycles. The van der Waals surface area contributed by atoms with Gasteiger partial charge < -0.3 is 10.1 Å². The summed E-state index contributed by atoms with van der Waals surface area (Å²) in [6.07, 6.45) is 0.235. The summed E-state index contributed by atoms with van der Waals surface area (Å²) in [6.45, 7) is 7.87. The van der Waals surface area contributed by atoms with E-state index in [1.807, 2.05) is 7.05 Å². The van der Waals surface area contributed by atoms with E-state index in [-0.39, 0.29) is 6.10 Å². The first-order chi connectivity index (χ1) is 7.13. The van der Waals surface area contributed by atoms with E-state index in [0.29, 0.717) is 12.5 Å². The van der Waals surface area contributed by atoms with Gasteiger partial charge in [-0.1, -0.05) is 13.8 Å². The number of likely N-dealkylation sites (N-methyl/N-ethyl adjacent to an activating group) is 1. The van der Waals surface area contributed by atoms with E-state index in [1.165, 1.54) is 5.01 Å². The fourth-order valence-electron chi connectivity index (χ4n) is 1.23.